The molecule has 0 fully saturated rings. The lowest BCUT2D eigenvalue weighted by molar-refractivity contribution is 0.613. The Kier molecular flexibility index (Phi) is 2.45. The molecule has 0 unspecified atom stereocenters. The van der Waals surface area contributed by atoms with Crippen molar-refractivity contribution in [3.8, 4) is 11.5 Å². The highest BCUT2D eigenvalue weighted by Gasteiger charge is 2.11. The quantitative estimate of drug-likeness (QED) is 0.677. The van der Waals surface area contributed by atoms with Gasteiger partial charge in [-0.3, -0.25) is 0 Å². The number of rotatable bonds is 1. The molecular formula is C13H8ClFN2O. The number of anilines is 1. The van der Waals surface area contributed by atoms with Crippen LogP contribution in [0.4, 0.5) is 10.1 Å². The Balaban J connectivity index is 2.19. The summed E-state index contributed by atoms with van der Waals surface area (Å²) < 4.78 is 18.9. The van der Waals surface area contributed by atoms with Crippen molar-refractivity contribution in [2.45, 2.75) is 0 Å². The van der Waals surface area contributed by atoms with E-state index in [4.69, 9.17) is 21.8 Å². The number of nitrogens with zero attached hydrogens (tertiary/aromatic N) is 1. The van der Waals surface area contributed by atoms with Crippen LogP contribution in [0.5, 0.6) is 0 Å². The number of nitrogen functional groups attached to an aromatic ring is 1. The summed E-state index contributed by atoms with van der Waals surface area (Å²) in [4.78, 5) is 4.26. The Bertz CT molecular complexity index is 739. The van der Waals surface area contributed by atoms with E-state index in [0.717, 1.165) is 0 Å². The van der Waals surface area contributed by atoms with Crippen LogP contribution in [0, 0.1) is 5.82 Å². The van der Waals surface area contributed by atoms with Crippen LogP contribution in [0.1, 0.15) is 0 Å². The minimum atomic E-state index is -0.499. The van der Waals surface area contributed by atoms with Crippen LogP contribution in [-0.4, -0.2) is 4.98 Å². The van der Waals surface area contributed by atoms with Crippen LogP contribution in [0.2, 0.25) is 5.02 Å². The Morgan fingerprint density at radius 3 is 2.78 bits per heavy atom. The molecule has 1 aromatic heterocycles. The maximum absolute atomic E-state index is 13.4. The highest BCUT2D eigenvalue weighted by atomic mass is 35.5. The van der Waals surface area contributed by atoms with Crippen LogP contribution in [-0.2, 0) is 0 Å². The highest BCUT2D eigenvalue weighted by Crippen LogP contribution is 2.29. The van der Waals surface area contributed by atoms with Crippen LogP contribution in [0.15, 0.2) is 40.8 Å². The Morgan fingerprint density at radius 1 is 1.22 bits per heavy atom. The van der Waals surface area contributed by atoms with Crippen LogP contribution in [0.25, 0.3) is 22.6 Å². The van der Waals surface area contributed by atoms with E-state index in [0.29, 0.717) is 27.6 Å². The van der Waals surface area contributed by atoms with E-state index >= 15 is 0 Å². The number of benzene rings is 2. The molecule has 0 saturated heterocycles. The molecule has 3 rings (SSSR count). The topological polar surface area (TPSA) is 52.0 Å². The summed E-state index contributed by atoms with van der Waals surface area (Å²) in [6.07, 6.45) is 0. The predicted molar refractivity (Wildman–Crippen MR) is 68.8 cm³/mol. The molecule has 0 saturated carbocycles. The first-order valence-electron chi connectivity index (χ1n) is 5.25. The van der Waals surface area contributed by atoms with E-state index in [-0.39, 0.29) is 5.69 Å². The van der Waals surface area contributed by atoms with E-state index in [1.165, 1.54) is 12.1 Å². The molecule has 18 heavy (non-hydrogen) atoms. The van der Waals surface area contributed by atoms with Gasteiger partial charge in [-0.1, -0.05) is 17.7 Å². The first-order chi connectivity index (χ1) is 8.65. The Morgan fingerprint density at radius 2 is 2.06 bits per heavy atom. The number of aromatic nitrogens is 1. The Labute approximate surface area is 107 Å². The lowest BCUT2D eigenvalue weighted by atomic mass is 10.2. The monoisotopic (exact) mass is 262 g/mol. The fourth-order valence-corrected chi connectivity index (χ4v) is 1.91. The zero-order valence-corrected chi connectivity index (χ0v) is 9.91. The average Bonchev–Trinajstić information content (AvgIpc) is 2.78. The van der Waals surface area contributed by atoms with Crippen molar-refractivity contribution >= 4 is 28.4 Å². The number of hydrogen-bond donors (Lipinski definition) is 1. The molecule has 0 bridgehead atoms. The van der Waals surface area contributed by atoms with Gasteiger partial charge in [0.15, 0.2) is 5.58 Å². The molecule has 0 aliphatic rings. The summed E-state index contributed by atoms with van der Waals surface area (Å²) in [7, 11) is 0. The lowest BCUT2D eigenvalue weighted by Crippen LogP contribution is -1.90. The molecule has 2 N–H and O–H groups in total. The van der Waals surface area contributed by atoms with Gasteiger partial charge in [0.25, 0.3) is 0 Å². The molecule has 0 aliphatic heterocycles. The average molecular weight is 263 g/mol. The van der Waals surface area contributed by atoms with Crippen molar-refractivity contribution in [2.24, 2.45) is 0 Å². The second kappa shape index (κ2) is 3.99. The van der Waals surface area contributed by atoms with Crippen molar-refractivity contribution in [3.63, 3.8) is 0 Å². The lowest BCUT2D eigenvalue weighted by Gasteiger charge is -1.98. The van der Waals surface area contributed by atoms with Crippen LogP contribution >= 0.6 is 11.6 Å². The summed E-state index contributed by atoms with van der Waals surface area (Å²) in [5.41, 5.74) is 7.16. The summed E-state index contributed by atoms with van der Waals surface area (Å²) in [5, 5.41) is 0.474. The minimum absolute atomic E-state index is 0.0906. The van der Waals surface area contributed by atoms with Gasteiger partial charge in [-0.05, 0) is 30.3 Å². The number of oxazole rings is 1. The summed E-state index contributed by atoms with van der Waals surface area (Å²) in [6.45, 7) is 0. The van der Waals surface area contributed by atoms with Crippen LogP contribution < -0.4 is 5.73 Å². The van der Waals surface area contributed by atoms with Gasteiger partial charge < -0.3 is 10.2 Å². The van der Waals surface area contributed by atoms with Gasteiger partial charge in [0.1, 0.15) is 11.3 Å². The van der Waals surface area contributed by atoms with Crippen LogP contribution in [0.3, 0.4) is 0 Å². The molecule has 0 radical (unpaired) electrons. The minimum Gasteiger partial charge on any atom is -0.435 e. The smallest absolute Gasteiger partial charge is 0.227 e. The molecule has 0 atom stereocenters. The molecule has 5 heteroatoms. The van der Waals surface area contributed by atoms with E-state index in [1.807, 2.05) is 0 Å². The van der Waals surface area contributed by atoms with Crippen molar-refractivity contribution in [1.82, 2.24) is 4.98 Å². The van der Waals surface area contributed by atoms with Gasteiger partial charge in [0.2, 0.25) is 5.89 Å². The van der Waals surface area contributed by atoms with Crippen molar-refractivity contribution in [3.05, 3.63) is 47.2 Å². The van der Waals surface area contributed by atoms with Gasteiger partial charge in [0, 0.05) is 5.56 Å². The van der Waals surface area contributed by atoms with Gasteiger partial charge in [-0.15, -0.1) is 0 Å². The standard InChI is InChI=1S/C13H8ClFN2O/c14-8-2-1-3-11-12(8)18-13(17-11)7-4-5-10(16)9(15)6-7/h1-6H,16H2. The fraction of sp³-hybridized carbons (Fsp3) is 0. The van der Waals surface area contributed by atoms with Crippen molar-refractivity contribution < 1.29 is 8.81 Å². The molecule has 3 aromatic rings. The SMILES string of the molecule is Nc1ccc(-c2nc3cccc(Cl)c3o2)cc1F. The third-order valence-corrected chi connectivity index (χ3v) is 2.91. The molecule has 0 spiro atoms. The molecule has 2 aromatic carbocycles. The zero-order valence-electron chi connectivity index (χ0n) is 9.15. The maximum Gasteiger partial charge on any atom is 0.227 e. The third-order valence-electron chi connectivity index (χ3n) is 2.61. The van der Waals surface area contributed by atoms with Gasteiger partial charge >= 0.3 is 0 Å². The largest absolute Gasteiger partial charge is 0.435 e. The Hall–Kier alpha value is -2.07. The van der Waals surface area contributed by atoms with Crippen molar-refractivity contribution in [2.75, 3.05) is 5.73 Å². The number of para-hydroxylation sites is 1. The maximum atomic E-state index is 13.4. The molecule has 0 aliphatic carbocycles. The second-order valence-electron chi connectivity index (χ2n) is 3.84. The van der Waals surface area contributed by atoms with E-state index in [1.54, 1.807) is 24.3 Å². The molecule has 0 amide bonds. The summed E-state index contributed by atoms with van der Waals surface area (Å²) in [6, 6.07) is 9.68. The fourth-order valence-electron chi connectivity index (χ4n) is 1.70. The normalized spacial score (nSPS) is 11.0. The van der Waals surface area contributed by atoms with Gasteiger partial charge in [0.05, 0.1) is 10.7 Å². The molecule has 90 valence electrons. The van der Waals surface area contributed by atoms with Gasteiger partial charge in [-0.25, -0.2) is 9.37 Å². The first kappa shape index (κ1) is 11.0. The molecular weight excluding hydrogens is 255 g/mol. The second-order valence-corrected chi connectivity index (χ2v) is 4.25. The predicted octanol–water partition coefficient (Wildman–Crippen LogP) is 3.87. The number of hydrogen-bond acceptors (Lipinski definition) is 3. The summed E-state index contributed by atoms with van der Waals surface area (Å²) in [5.74, 6) is -0.183. The third kappa shape index (κ3) is 1.71. The first-order valence-corrected chi connectivity index (χ1v) is 5.63. The number of fused-ring (bicyclic) bond motifs is 1. The zero-order chi connectivity index (χ0) is 12.7. The van der Waals surface area contributed by atoms with E-state index in [2.05, 4.69) is 4.98 Å². The summed E-state index contributed by atoms with van der Waals surface area (Å²) >= 11 is 5.99. The van der Waals surface area contributed by atoms with E-state index in [9.17, 15) is 4.39 Å². The number of halogens is 2. The highest BCUT2D eigenvalue weighted by molar-refractivity contribution is 6.34. The van der Waals surface area contributed by atoms with Gasteiger partial charge in [-0.2, -0.15) is 0 Å². The number of nitrogens with two attached hydrogens (primary N) is 1. The van der Waals surface area contributed by atoms with E-state index < -0.39 is 5.82 Å². The molecule has 1 heterocycles. The van der Waals surface area contributed by atoms with Crippen molar-refractivity contribution in [1.29, 1.82) is 0 Å². The molecule has 3 nitrogen and oxygen atoms in total.